The first-order chi connectivity index (χ1) is 14.5. The molecule has 1 aromatic heterocycles. The van der Waals surface area contributed by atoms with Gasteiger partial charge >= 0.3 is 5.97 Å². The summed E-state index contributed by atoms with van der Waals surface area (Å²) in [6, 6.07) is 17.7. The Balaban J connectivity index is 1.58. The van der Waals surface area contributed by atoms with Crippen LogP contribution in [0.2, 0.25) is 5.02 Å². The Hall–Kier alpha value is -3.77. The normalized spacial score (nSPS) is 10.6. The molecular weight excluding hydrogens is 408 g/mol. The van der Waals surface area contributed by atoms with Gasteiger partial charge in [0.1, 0.15) is 29.1 Å². The fourth-order valence-corrected chi connectivity index (χ4v) is 2.89. The maximum Gasteiger partial charge on any atom is 0.343 e. The summed E-state index contributed by atoms with van der Waals surface area (Å²) in [6.07, 6.45) is 1.22. The van der Waals surface area contributed by atoms with Crippen molar-refractivity contribution in [2.45, 2.75) is 0 Å². The number of fused-ring (bicyclic) bond motifs is 1. The third-order valence-corrected chi connectivity index (χ3v) is 4.53. The molecule has 0 N–H and O–H groups in total. The van der Waals surface area contributed by atoms with Crippen LogP contribution < -0.4 is 19.6 Å². The molecule has 0 saturated carbocycles. The average Bonchev–Trinajstić information content (AvgIpc) is 2.76. The number of halogens is 1. The molecule has 0 atom stereocenters. The number of esters is 1. The van der Waals surface area contributed by atoms with Gasteiger partial charge in [0.25, 0.3) is 0 Å². The third kappa shape index (κ3) is 4.14. The molecule has 0 saturated heterocycles. The molecule has 30 heavy (non-hydrogen) atoms. The van der Waals surface area contributed by atoms with E-state index in [1.165, 1.54) is 24.5 Å². The van der Waals surface area contributed by atoms with E-state index in [2.05, 4.69) is 0 Å². The molecule has 0 aliphatic heterocycles. The molecule has 6 nitrogen and oxygen atoms in total. The Morgan fingerprint density at radius 1 is 0.933 bits per heavy atom. The minimum Gasteiger partial charge on any atom is -0.497 e. The monoisotopic (exact) mass is 422 g/mol. The highest BCUT2D eigenvalue weighted by atomic mass is 35.5. The highest BCUT2D eigenvalue weighted by Crippen LogP contribution is 2.26. The average molecular weight is 423 g/mol. The first kappa shape index (κ1) is 19.5. The molecule has 0 unspecified atom stereocenters. The standard InChI is InChI=1S/C23H15ClO6/c1-27-16-3-2-4-17(11-16)29-21-13-28-20-12-18(9-10-19(20)22(21)25)30-23(26)14-5-7-15(24)8-6-14/h2-13H,1H3. The number of carbonyl (C=O) groups is 1. The van der Waals surface area contributed by atoms with Crippen molar-refractivity contribution < 1.29 is 23.4 Å². The molecule has 4 aromatic rings. The zero-order valence-corrected chi connectivity index (χ0v) is 16.5. The summed E-state index contributed by atoms with van der Waals surface area (Å²) in [5, 5.41) is 0.813. The summed E-state index contributed by atoms with van der Waals surface area (Å²) in [5.74, 6) is 0.763. The fraction of sp³-hybridized carbons (Fsp3) is 0.0435. The number of rotatable bonds is 5. The molecule has 1 heterocycles. The van der Waals surface area contributed by atoms with Gasteiger partial charge in [-0.25, -0.2) is 4.79 Å². The lowest BCUT2D eigenvalue weighted by atomic mass is 10.2. The zero-order chi connectivity index (χ0) is 21.1. The van der Waals surface area contributed by atoms with Gasteiger partial charge in [-0.1, -0.05) is 17.7 Å². The molecule has 0 spiro atoms. The van der Waals surface area contributed by atoms with Crippen LogP contribution in [0.4, 0.5) is 0 Å². The lowest BCUT2D eigenvalue weighted by Crippen LogP contribution is -2.09. The topological polar surface area (TPSA) is 75.0 Å². The van der Waals surface area contributed by atoms with Crippen molar-refractivity contribution in [1.29, 1.82) is 0 Å². The van der Waals surface area contributed by atoms with Crippen molar-refractivity contribution in [3.63, 3.8) is 0 Å². The molecule has 3 aromatic carbocycles. The third-order valence-electron chi connectivity index (χ3n) is 4.27. The Morgan fingerprint density at radius 2 is 1.70 bits per heavy atom. The summed E-state index contributed by atoms with van der Waals surface area (Å²) in [6.45, 7) is 0. The molecular formula is C23H15ClO6. The summed E-state index contributed by atoms with van der Waals surface area (Å²) in [5.41, 5.74) is 0.261. The van der Waals surface area contributed by atoms with Crippen LogP contribution in [0.1, 0.15) is 10.4 Å². The van der Waals surface area contributed by atoms with Gasteiger partial charge in [0, 0.05) is 17.2 Å². The van der Waals surface area contributed by atoms with Gasteiger partial charge in [0.2, 0.25) is 11.2 Å². The van der Waals surface area contributed by atoms with Gasteiger partial charge in [-0.15, -0.1) is 0 Å². The predicted octanol–water partition coefficient (Wildman–Crippen LogP) is 5.47. The molecule has 150 valence electrons. The van der Waals surface area contributed by atoms with Crippen molar-refractivity contribution in [2.24, 2.45) is 0 Å². The number of methoxy groups -OCH3 is 1. The smallest absolute Gasteiger partial charge is 0.343 e. The van der Waals surface area contributed by atoms with Gasteiger partial charge < -0.3 is 18.6 Å². The minimum absolute atomic E-state index is 0.0293. The van der Waals surface area contributed by atoms with Gasteiger partial charge in [-0.05, 0) is 48.5 Å². The van der Waals surface area contributed by atoms with E-state index >= 15 is 0 Å². The largest absolute Gasteiger partial charge is 0.497 e. The van der Waals surface area contributed by atoms with E-state index in [0.29, 0.717) is 27.5 Å². The van der Waals surface area contributed by atoms with E-state index in [9.17, 15) is 9.59 Å². The Morgan fingerprint density at radius 3 is 2.47 bits per heavy atom. The first-order valence-electron chi connectivity index (χ1n) is 8.89. The minimum atomic E-state index is -0.550. The SMILES string of the molecule is COc1cccc(Oc2coc3cc(OC(=O)c4ccc(Cl)cc4)ccc3c2=O)c1. The van der Waals surface area contributed by atoms with Crippen LogP contribution in [0.25, 0.3) is 11.0 Å². The number of hydrogen-bond acceptors (Lipinski definition) is 6. The molecule has 7 heteroatoms. The highest BCUT2D eigenvalue weighted by Gasteiger charge is 2.13. The molecule has 0 fully saturated rings. The lowest BCUT2D eigenvalue weighted by Gasteiger charge is -2.08. The molecule has 0 aliphatic rings. The summed E-state index contributed by atoms with van der Waals surface area (Å²) in [4.78, 5) is 25.0. The molecule has 0 radical (unpaired) electrons. The summed E-state index contributed by atoms with van der Waals surface area (Å²) in [7, 11) is 1.54. The first-order valence-corrected chi connectivity index (χ1v) is 9.26. The Kier molecular flexibility index (Phi) is 5.41. The van der Waals surface area contributed by atoms with Crippen molar-refractivity contribution in [3.05, 3.63) is 93.8 Å². The summed E-state index contributed by atoms with van der Waals surface area (Å²) < 4.78 is 21.7. The molecule has 0 aliphatic carbocycles. The maximum absolute atomic E-state index is 12.7. The quantitative estimate of drug-likeness (QED) is 0.314. The van der Waals surface area contributed by atoms with E-state index < -0.39 is 5.97 Å². The number of ether oxygens (including phenoxy) is 3. The van der Waals surface area contributed by atoms with E-state index in [1.807, 2.05) is 0 Å². The van der Waals surface area contributed by atoms with E-state index in [0.717, 1.165) is 0 Å². The lowest BCUT2D eigenvalue weighted by molar-refractivity contribution is 0.0735. The van der Waals surface area contributed by atoms with Gasteiger partial charge in [-0.3, -0.25) is 4.79 Å². The van der Waals surface area contributed by atoms with Gasteiger partial charge in [-0.2, -0.15) is 0 Å². The molecule has 0 bridgehead atoms. The van der Waals surface area contributed by atoms with Crippen LogP contribution in [0.15, 0.2) is 82.2 Å². The van der Waals surface area contributed by atoms with Gasteiger partial charge in [0.15, 0.2) is 0 Å². The fourth-order valence-electron chi connectivity index (χ4n) is 2.77. The van der Waals surface area contributed by atoms with Crippen LogP contribution in [0.5, 0.6) is 23.0 Å². The highest BCUT2D eigenvalue weighted by molar-refractivity contribution is 6.30. The number of hydrogen-bond donors (Lipinski definition) is 0. The Bertz CT molecular complexity index is 1280. The van der Waals surface area contributed by atoms with Crippen LogP contribution in [0, 0.1) is 0 Å². The number of carbonyl (C=O) groups excluding carboxylic acids is 1. The zero-order valence-electron chi connectivity index (χ0n) is 15.8. The van der Waals surface area contributed by atoms with Crippen molar-refractivity contribution >= 4 is 28.5 Å². The predicted molar refractivity (Wildman–Crippen MR) is 112 cm³/mol. The van der Waals surface area contributed by atoms with E-state index in [-0.39, 0.29) is 22.5 Å². The van der Waals surface area contributed by atoms with Crippen LogP contribution in [-0.4, -0.2) is 13.1 Å². The Labute approximate surface area is 176 Å². The summed E-state index contributed by atoms with van der Waals surface area (Å²) >= 11 is 5.83. The van der Waals surface area contributed by atoms with Crippen molar-refractivity contribution in [3.8, 4) is 23.0 Å². The van der Waals surface area contributed by atoms with Crippen LogP contribution >= 0.6 is 11.6 Å². The van der Waals surface area contributed by atoms with E-state index in [4.69, 9.17) is 30.2 Å². The van der Waals surface area contributed by atoms with Crippen molar-refractivity contribution in [1.82, 2.24) is 0 Å². The van der Waals surface area contributed by atoms with Crippen LogP contribution in [0.3, 0.4) is 0 Å². The van der Waals surface area contributed by atoms with Crippen LogP contribution in [-0.2, 0) is 0 Å². The maximum atomic E-state index is 12.7. The second-order valence-electron chi connectivity index (χ2n) is 6.26. The van der Waals surface area contributed by atoms with Crippen molar-refractivity contribution in [2.75, 3.05) is 7.11 Å². The second kappa shape index (κ2) is 8.31. The molecule has 4 rings (SSSR count). The van der Waals surface area contributed by atoms with Gasteiger partial charge in [0.05, 0.1) is 18.1 Å². The second-order valence-corrected chi connectivity index (χ2v) is 6.70. The number of benzene rings is 3. The molecule has 0 amide bonds. The van der Waals surface area contributed by atoms with E-state index in [1.54, 1.807) is 55.6 Å².